The molecule has 1 aromatic rings. The molecule has 1 rings (SSSR count). The first kappa shape index (κ1) is 12.3. The molecule has 0 aliphatic carbocycles. The molecule has 0 fully saturated rings. The first-order valence-corrected chi connectivity index (χ1v) is 4.46. The highest BCUT2D eigenvalue weighted by molar-refractivity contribution is 5.88. The Hall–Kier alpha value is -1.78. The minimum atomic E-state index is -3.10. The molecule has 0 amide bonds. The molecule has 0 atom stereocenters. The van der Waals surface area contributed by atoms with E-state index in [1.807, 2.05) is 0 Å². The number of rotatable bonds is 3. The summed E-state index contributed by atoms with van der Waals surface area (Å²) < 4.78 is 38.1. The smallest absolute Gasteiger partial charge is 0.249 e. The van der Waals surface area contributed by atoms with Crippen molar-refractivity contribution in [1.82, 2.24) is 0 Å². The second kappa shape index (κ2) is 4.83. The Morgan fingerprint density at radius 1 is 1.31 bits per heavy atom. The van der Waals surface area contributed by atoms with Crippen molar-refractivity contribution in [2.24, 2.45) is 0 Å². The fraction of sp³-hybridized carbons (Fsp3) is 0.182. The summed E-state index contributed by atoms with van der Waals surface area (Å²) in [7, 11) is 0. The van der Waals surface area contributed by atoms with Gasteiger partial charge in [0.15, 0.2) is 0 Å². The molecule has 0 saturated carbocycles. The topological polar surface area (TPSA) is 26.3 Å². The van der Waals surface area contributed by atoms with Crippen LogP contribution in [0.25, 0.3) is 0 Å². The molecule has 0 N–H and O–H groups in total. The van der Waals surface area contributed by atoms with Gasteiger partial charge in [-0.3, -0.25) is 0 Å². The van der Waals surface area contributed by atoms with Gasteiger partial charge in [-0.05, 0) is 25.1 Å². The van der Waals surface area contributed by atoms with E-state index in [9.17, 15) is 18.1 Å². The van der Waals surface area contributed by atoms with Crippen LogP contribution in [-0.4, -0.2) is 5.97 Å². The molecule has 0 heterocycles. The quantitative estimate of drug-likeness (QED) is 0.744. The predicted octanol–water partition coefficient (Wildman–Crippen LogP) is 3.40. The summed E-state index contributed by atoms with van der Waals surface area (Å²) in [4.78, 5) is 13.7. The summed E-state index contributed by atoms with van der Waals surface area (Å²) in [6.45, 7) is 1.47. The van der Waals surface area contributed by atoms with Gasteiger partial charge < -0.3 is 0 Å². The monoisotopic (exact) mass is 230 g/mol. The number of halogens is 3. The maximum absolute atomic E-state index is 13.3. The van der Waals surface area contributed by atoms with Crippen molar-refractivity contribution in [1.29, 1.82) is 0 Å². The normalized spacial score (nSPS) is 11.8. The van der Waals surface area contributed by atoms with Crippen LogP contribution in [0.3, 0.4) is 0 Å². The third-order valence-corrected chi connectivity index (χ3v) is 1.95. The number of carbonyl (C=O) groups excluding carboxylic acids is 1. The zero-order valence-corrected chi connectivity index (χ0v) is 8.41. The van der Waals surface area contributed by atoms with Gasteiger partial charge in [-0.25, -0.2) is 9.74 Å². The Kier molecular flexibility index (Phi) is 3.71. The van der Waals surface area contributed by atoms with Crippen LogP contribution in [0, 0.1) is 0 Å². The van der Waals surface area contributed by atoms with Crippen molar-refractivity contribution in [2.45, 2.75) is 12.8 Å². The molecule has 86 valence electrons. The number of hydrogen-bond acceptors (Lipinski definition) is 2. The van der Waals surface area contributed by atoms with E-state index in [0.717, 1.165) is 30.3 Å². The van der Waals surface area contributed by atoms with Crippen molar-refractivity contribution in [3.8, 4) is 0 Å². The van der Waals surface area contributed by atoms with E-state index >= 15 is 0 Å². The van der Waals surface area contributed by atoms with Crippen molar-refractivity contribution in [3.63, 3.8) is 0 Å². The Morgan fingerprint density at radius 3 is 2.31 bits per heavy atom. The van der Waals surface area contributed by atoms with Gasteiger partial charge in [0.25, 0.3) is 5.92 Å². The average molecular weight is 230 g/mol. The summed E-state index contributed by atoms with van der Waals surface area (Å²) in [6, 6.07) is 4.25. The molecular formula is C11H9F3O2. The first-order valence-electron chi connectivity index (χ1n) is 4.46. The van der Waals surface area contributed by atoms with E-state index in [2.05, 4.69) is 4.94 Å². The fourth-order valence-corrected chi connectivity index (χ4v) is 1.18. The van der Waals surface area contributed by atoms with E-state index in [1.54, 1.807) is 0 Å². The largest absolute Gasteiger partial charge is 0.379 e. The molecule has 0 unspecified atom stereocenters. The molecule has 2 nitrogen and oxygen atoms in total. The van der Waals surface area contributed by atoms with Crippen molar-refractivity contribution < 1.29 is 23.0 Å². The molecule has 0 radical (unpaired) electrons. The number of hydrogen-bond donors (Lipinski definition) is 0. The lowest BCUT2D eigenvalue weighted by atomic mass is 10.1. The van der Waals surface area contributed by atoms with Crippen LogP contribution in [0.5, 0.6) is 0 Å². The van der Waals surface area contributed by atoms with E-state index < -0.39 is 11.9 Å². The van der Waals surface area contributed by atoms with Gasteiger partial charge in [-0.1, -0.05) is 18.2 Å². The van der Waals surface area contributed by atoms with E-state index in [-0.39, 0.29) is 11.1 Å². The van der Waals surface area contributed by atoms with Crippen LogP contribution >= 0.6 is 0 Å². The lowest BCUT2D eigenvalue weighted by Crippen LogP contribution is -2.09. The molecule has 0 bridgehead atoms. The second-order valence-electron chi connectivity index (χ2n) is 3.06. The summed E-state index contributed by atoms with van der Waals surface area (Å²) in [5.74, 6) is -4.31. The van der Waals surface area contributed by atoms with Crippen molar-refractivity contribution >= 4 is 5.97 Å². The lowest BCUT2D eigenvalue weighted by Gasteiger charge is -2.11. The van der Waals surface area contributed by atoms with Crippen molar-refractivity contribution in [3.05, 3.63) is 47.5 Å². The molecule has 1 aromatic carbocycles. The summed E-state index contributed by atoms with van der Waals surface area (Å²) >= 11 is 0. The lowest BCUT2D eigenvalue weighted by molar-refractivity contribution is -0.0788. The number of alkyl halides is 2. The molecule has 0 spiro atoms. The predicted molar refractivity (Wildman–Crippen MR) is 51.7 cm³/mol. The number of benzene rings is 1. The standard InChI is InChI=1S/C11H9F3O2/c1-2-7-11(12,13)9-5-3-8(4-6-9)10(15)16-14/h2-7H,1H3/b7-2+. The highest BCUT2D eigenvalue weighted by atomic mass is 19.3. The van der Waals surface area contributed by atoms with E-state index in [4.69, 9.17) is 0 Å². The molecule has 5 heteroatoms. The third kappa shape index (κ3) is 2.62. The SMILES string of the molecule is C/C=C/C(F)(F)c1ccc(C(=O)OF)cc1. The van der Waals surface area contributed by atoms with Gasteiger partial charge in [-0.15, -0.1) is 0 Å². The van der Waals surface area contributed by atoms with Gasteiger partial charge in [0, 0.05) is 10.1 Å². The molecule has 0 aliphatic rings. The van der Waals surface area contributed by atoms with Crippen LogP contribution in [0.4, 0.5) is 13.3 Å². The van der Waals surface area contributed by atoms with Crippen LogP contribution in [0.2, 0.25) is 0 Å². The second-order valence-corrected chi connectivity index (χ2v) is 3.06. The zero-order valence-electron chi connectivity index (χ0n) is 8.41. The van der Waals surface area contributed by atoms with Gasteiger partial charge in [0.1, 0.15) is 0 Å². The fourth-order valence-electron chi connectivity index (χ4n) is 1.18. The highest BCUT2D eigenvalue weighted by Crippen LogP contribution is 2.29. The zero-order chi connectivity index (χ0) is 12.2. The summed E-state index contributed by atoms with van der Waals surface area (Å²) in [5, 5.41) is 0. The van der Waals surface area contributed by atoms with Crippen LogP contribution in [0.15, 0.2) is 36.4 Å². The Bertz CT molecular complexity index is 396. The Balaban J connectivity index is 2.99. The van der Waals surface area contributed by atoms with Crippen LogP contribution in [-0.2, 0) is 10.9 Å². The van der Waals surface area contributed by atoms with Gasteiger partial charge >= 0.3 is 5.97 Å². The molecular weight excluding hydrogens is 221 g/mol. The molecule has 16 heavy (non-hydrogen) atoms. The van der Waals surface area contributed by atoms with Crippen molar-refractivity contribution in [2.75, 3.05) is 0 Å². The summed E-state index contributed by atoms with van der Waals surface area (Å²) in [5.41, 5.74) is -0.400. The van der Waals surface area contributed by atoms with E-state index in [1.165, 1.54) is 13.0 Å². The van der Waals surface area contributed by atoms with Crippen LogP contribution < -0.4 is 0 Å². The third-order valence-electron chi connectivity index (χ3n) is 1.95. The van der Waals surface area contributed by atoms with Gasteiger partial charge in [0.2, 0.25) is 0 Å². The number of allylic oxidation sites excluding steroid dienone is 2. The van der Waals surface area contributed by atoms with Crippen LogP contribution in [0.1, 0.15) is 22.8 Å². The Labute approximate surface area is 90.2 Å². The van der Waals surface area contributed by atoms with Gasteiger partial charge in [0.05, 0.1) is 5.56 Å². The highest BCUT2D eigenvalue weighted by Gasteiger charge is 2.27. The maximum atomic E-state index is 13.3. The minimum Gasteiger partial charge on any atom is -0.249 e. The molecule has 0 aliphatic heterocycles. The number of carbonyl (C=O) groups is 1. The Morgan fingerprint density at radius 2 is 1.88 bits per heavy atom. The van der Waals surface area contributed by atoms with E-state index in [0.29, 0.717) is 0 Å². The van der Waals surface area contributed by atoms with Gasteiger partial charge in [-0.2, -0.15) is 8.78 Å². The maximum Gasteiger partial charge on any atom is 0.379 e. The first-order chi connectivity index (χ1) is 7.51. The summed E-state index contributed by atoms with van der Waals surface area (Å²) in [6.07, 6.45) is 1.96. The molecule has 0 saturated heterocycles. The minimum absolute atomic E-state index is 0.123. The molecule has 0 aromatic heterocycles. The average Bonchev–Trinajstić information content (AvgIpc) is 2.28.